The van der Waals surface area contributed by atoms with Crippen LogP contribution in [0.25, 0.3) is 0 Å². The van der Waals surface area contributed by atoms with Crippen LogP contribution in [0.5, 0.6) is 0 Å². The average Bonchev–Trinajstić information content (AvgIpc) is 3.35. The van der Waals surface area contributed by atoms with Crippen LogP contribution in [0.2, 0.25) is 0 Å². The van der Waals surface area contributed by atoms with Gasteiger partial charge in [-0.2, -0.15) is 0 Å². The quantitative estimate of drug-likeness (QED) is 0.0197. The Balaban J connectivity index is 4.69. The monoisotopic (exact) mass is 1000 g/mol. The molecule has 0 saturated heterocycles. The molecule has 2 N–H and O–H groups in total. The molecule has 0 bridgehead atoms. The van der Waals surface area contributed by atoms with Crippen molar-refractivity contribution in [2.75, 3.05) is 26.4 Å². The number of rotatable bonds is 51. The van der Waals surface area contributed by atoms with E-state index in [0.29, 0.717) is 19.3 Å². The molecule has 70 heavy (non-hydrogen) atoms. The molecule has 0 aliphatic heterocycles. The summed E-state index contributed by atoms with van der Waals surface area (Å²) in [6, 6.07) is 0. The van der Waals surface area contributed by atoms with Crippen molar-refractivity contribution >= 4 is 25.7 Å². The van der Waals surface area contributed by atoms with E-state index in [0.717, 1.165) is 128 Å². The second kappa shape index (κ2) is 52.2. The molecule has 3 atom stereocenters. The summed E-state index contributed by atoms with van der Waals surface area (Å²) < 4.78 is 39.4. The lowest BCUT2D eigenvalue weighted by Crippen LogP contribution is -2.30. The summed E-state index contributed by atoms with van der Waals surface area (Å²) in [6.07, 6.45) is 57.2. The molecule has 0 fully saturated rings. The van der Waals surface area contributed by atoms with E-state index in [9.17, 15) is 28.9 Å². The van der Waals surface area contributed by atoms with Gasteiger partial charge in [0, 0.05) is 19.3 Å². The SMILES string of the molecule is CC/C=C\C/C=C\C/C=C\C/C=C\CCCCCCCCC(=O)OC(COC(=O)CCCCCCCCCCC)COP(=O)(O)OCC(CO)OC(=O)CCCCCCC/C=C\C/C=C\CCCCC. The van der Waals surface area contributed by atoms with E-state index < -0.39 is 57.8 Å². The maximum Gasteiger partial charge on any atom is 0.472 e. The first-order chi connectivity index (χ1) is 34.2. The lowest BCUT2D eigenvalue weighted by Gasteiger charge is -2.21. The van der Waals surface area contributed by atoms with Gasteiger partial charge in [-0.05, 0) is 89.9 Å². The lowest BCUT2D eigenvalue weighted by atomic mass is 10.1. The summed E-state index contributed by atoms with van der Waals surface area (Å²) in [5, 5.41) is 9.79. The van der Waals surface area contributed by atoms with Crippen molar-refractivity contribution in [3.63, 3.8) is 0 Å². The molecule has 0 aromatic carbocycles. The summed E-state index contributed by atoms with van der Waals surface area (Å²) in [7, 11) is -4.75. The Kier molecular flexibility index (Phi) is 50.0. The van der Waals surface area contributed by atoms with Gasteiger partial charge in [-0.3, -0.25) is 23.4 Å². The van der Waals surface area contributed by atoms with Crippen LogP contribution in [0.4, 0.5) is 0 Å². The van der Waals surface area contributed by atoms with Crippen molar-refractivity contribution in [2.24, 2.45) is 0 Å². The highest BCUT2D eigenvalue weighted by molar-refractivity contribution is 7.47. The van der Waals surface area contributed by atoms with Crippen LogP contribution in [-0.4, -0.2) is 66.5 Å². The molecule has 0 aliphatic carbocycles. The van der Waals surface area contributed by atoms with Crippen LogP contribution in [0.1, 0.15) is 239 Å². The third kappa shape index (κ3) is 49.9. The number of ether oxygens (including phenoxy) is 3. The van der Waals surface area contributed by atoms with Crippen LogP contribution in [-0.2, 0) is 42.2 Å². The third-order valence-corrected chi connectivity index (χ3v) is 12.6. The van der Waals surface area contributed by atoms with Crippen molar-refractivity contribution in [1.82, 2.24) is 0 Å². The number of aliphatic hydroxyl groups is 1. The van der Waals surface area contributed by atoms with Gasteiger partial charge in [-0.15, -0.1) is 0 Å². The summed E-state index contributed by atoms with van der Waals surface area (Å²) in [4.78, 5) is 48.4. The van der Waals surface area contributed by atoms with E-state index in [1.165, 1.54) is 51.4 Å². The van der Waals surface area contributed by atoms with Crippen LogP contribution in [0.3, 0.4) is 0 Å². The number of hydrogen-bond donors (Lipinski definition) is 2. The van der Waals surface area contributed by atoms with E-state index in [-0.39, 0.29) is 25.9 Å². The molecule has 0 rings (SSSR count). The van der Waals surface area contributed by atoms with Crippen LogP contribution >= 0.6 is 7.82 Å². The van der Waals surface area contributed by atoms with Gasteiger partial charge in [0.15, 0.2) is 6.10 Å². The minimum Gasteiger partial charge on any atom is -0.462 e. The molecule has 0 aromatic heterocycles. The highest BCUT2D eigenvalue weighted by Crippen LogP contribution is 2.43. The first-order valence-corrected chi connectivity index (χ1v) is 29.3. The molecule has 11 nitrogen and oxygen atoms in total. The molecule has 0 aromatic rings. The highest BCUT2D eigenvalue weighted by Gasteiger charge is 2.28. The predicted octanol–water partition coefficient (Wildman–Crippen LogP) is 16.1. The lowest BCUT2D eigenvalue weighted by molar-refractivity contribution is -0.161. The summed E-state index contributed by atoms with van der Waals surface area (Å²) in [6.45, 7) is 4.45. The van der Waals surface area contributed by atoms with Gasteiger partial charge in [0.2, 0.25) is 0 Å². The van der Waals surface area contributed by atoms with E-state index in [1.807, 2.05) is 0 Å². The van der Waals surface area contributed by atoms with Crippen molar-refractivity contribution in [3.8, 4) is 0 Å². The van der Waals surface area contributed by atoms with Gasteiger partial charge < -0.3 is 24.2 Å². The van der Waals surface area contributed by atoms with Crippen molar-refractivity contribution in [1.29, 1.82) is 0 Å². The Labute approximate surface area is 427 Å². The van der Waals surface area contributed by atoms with Gasteiger partial charge >= 0.3 is 25.7 Å². The topological polar surface area (TPSA) is 155 Å². The summed E-state index contributed by atoms with van der Waals surface area (Å²) in [5.74, 6) is -1.49. The van der Waals surface area contributed by atoms with Crippen molar-refractivity contribution in [2.45, 2.75) is 251 Å². The Morgan fingerprint density at radius 3 is 1.17 bits per heavy atom. The molecule has 0 radical (unpaired) electrons. The molecule has 0 aliphatic rings. The van der Waals surface area contributed by atoms with Gasteiger partial charge in [-0.1, -0.05) is 203 Å². The number of aliphatic hydroxyl groups excluding tert-OH is 1. The predicted molar refractivity (Wildman–Crippen MR) is 288 cm³/mol. The molecular formula is C58H101O11P. The number of carbonyl (C=O) groups excluding carboxylic acids is 3. The molecular weight excluding hydrogens is 904 g/mol. The molecule has 3 unspecified atom stereocenters. The molecule has 0 saturated carbocycles. The fourth-order valence-corrected chi connectivity index (χ4v) is 8.16. The number of phosphoric acid groups is 1. The Bertz CT molecular complexity index is 1450. The number of carbonyl (C=O) groups is 3. The standard InChI is InChI=1S/C58H101O11P/c1-4-7-10-13-16-19-21-23-25-26-27-28-30-32-34-37-40-43-46-49-58(62)69-55(51-65-56(60)47-44-41-38-35-18-15-12-9-6-3)53-67-70(63,64)66-52-54(50-59)68-57(61)48-45-42-39-36-33-31-29-24-22-20-17-14-11-8-5-2/h7,10,16-17,19-20,23-25,27-29,54-55,59H,4-6,8-9,11-15,18,21-22,26,30-53H2,1-3H3,(H,63,64)/b10-7-,19-16-,20-17-,25-23-,28-27-,29-24-. The van der Waals surface area contributed by atoms with Gasteiger partial charge in [0.05, 0.1) is 19.8 Å². The minimum absolute atomic E-state index is 0.150. The number of esters is 3. The maximum atomic E-state index is 12.9. The fraction of sp³-hybridized carbons (Fsp3) is 0.741. The molecule has 12 heteroatoms. The first kappa shape index (κ1) is 66.9. The highest BCUT2D eigenvalue weighted by atomic mass is 31.2. The Hall–Kier alpha value is -3.08. The smallest absolute Gasteiger partial charge is 0.462 e. The zero-order valence-electron chi connectivity index (χ0n) is 44.5. The van der Waals surface area contributed by atoms with Gasteiger partial charge in [-0.25, -0.2) is 4.57 Å². The second-order valence-electron chi connectivity index (χ2n) is 18.4. The number of allylic oxidation sites excluding steroid dienone is 12. The van der Waals surface area contributed by atoms with Gasteiger partial charge in [0.1, 0.15) is 12.7 Å². The minimum atomic E-state index is -4.75. The second-order valence-corrected chi connectivity index (χ2v) is 19.8. The van der Waals surface area contributed by atoms with Gasteiger partial charge in [0.25, 0.3) is 0 Å². The van der Waals surface area contributed by atoms with E-state index >= 15 is 0 Å². The van der Waals surface area contributed by atoms with Crippen LogP contribution < -0.4 is 0 Å². The van der Waals surface area contributed by atoms with Crippen LogP contribution in [0, 0.1) is 0 Å². The zero-order chi connectivity index (χ0) is 51.3. The normalized spacial score (nSPS) is 14.0. The number of unbranched alkanes of at least 4 members (excludes halogenated alkanes) is 22. The average molecular weight is 1010 g/mol. The van der Waals surface area contributed by atoms with E-state index in [2.05, 4.69) is 93.7 Å². The molecule has 0 amide bonds. The van der Waals surface area contributed by atoms with Crippen molar-refractivity contribution < 1.29 is 52.2 Å². The number of phosphoric ester groups is 1. The molecule has 404 valence electrons. The Morgan fingerprint density at radius 1 is 0.414 bits per heavy atom. The van der Waals surface area contributed by atoms with Crippen LogP contribution in [0.15, 0.2) is 72.9 Å². The Morgan fingerprint density at radius 2 is 0.743 bits per heavy atom. The third-order valence-electron chi connectivity index (χ3n) is 11.6. The zero-order valence-corrected chi connectivity index (χ0v) is 45.4. The maximum absolute atomic E-state index is 12.9. The van der Waals surface area contributed by atoms with E-state index in [4.69, 9.17) is 23.3 Å². The van der Waals surface area contributed by atoms with E-state index in [1.54, 1.807) is 0 Å². The first-order valence-electron chi connectivity index (χ1n) is 27.8. The largest absolute Gasteiger partial charge is 0.472 e. The summed E-state index contributed by atoms with van der Waals surface area (Å²) in [5.41, 5.74) is 0. The van der Waals surface area contributed by atoms with Crippen molar-refractivity contribution in [3.05, 3.63) is 72.9 Å². The fourth-order valence-electron chi connectivity index (χ4n) is 7.38. The molecule has 0 spiro atoms. The molecule has 0 heterocycles. The summed E-state index contributed by atoms with van der Waals surface area (Å²) >= 11 is 0. The number of hydrogen-bond acceptors (Lipinski definition) is 10.